The molecule has 0 unspecified atom stereocenters. The largest absolute Gasteiger partial charge is 0.478 e. The van der Waals surface area contributed by atoms with Crippen LogP contribution >= 0.6 is 0 Å². The van der Waals surface area contributed by atoms with Gasteiger partial charge in [-0.15, -0.1) is 0 Å². The Morgan fingerprint density at radius 2 is 1.58 bits per heavy atom. The van der Waals surface area contributed by atoms with E-state index in [4.69, 9.17) is 5.11 Å². The molecule has 2 aromatic rings. The fourth-order valence-electron chi connectivity index (χ4n) is 1.83. The number of rotatable bonds is 3. The molecule has 2 rings (SSSR count). The Balaban J connectivity index is 2.86. The monoisotopic (exact) mass is 278 g/mol. The average Bonchev–Trinajstić information content (AvgIpc) is 2.37. The van der Waals surface area contributed by atoms with Crippen molar-refractivity contribution < 1.29 is 22.9 Å². The van der Waals surface area contributed by atoms with E-state index in [1.54, 1.807) is 30.3 Å². The lowest BCUT2D eigenvalue weighted by Crippen LogP contribution is -2.07. The van der Waals surface area contributed by atoms with Gasteiger partial charge in [0.05, 0.1) is 5.56 Å². The van der Waals surface area contributed by atoms with Gasteiger partial charge in [0.15, 0.2) is 0 Å². The molecule has 0 saturated heterocycles. The van der Waals surface area contributed by atoms with Crippen molar-refractivity contribution in [1.82, 2.24) is 0 Å². The lowest BCUT2D eigenvalue weighted by molar-refractivity contribution is 0.0697. The highest BCUT2D eigenvalue weighted by Crippen LogP contribution is 2.30. The van der Waals surface area contributed by atoms with Gasteiger partial charge in [0.1, 0.15) is 4.90 Å². The molecule has 0 spiro atoms. The van der Waals surface area contributed by atoms with E-state index in [0.717, 1.165) is 0 Å². The van der Waals surface area contributed by atoms with Gasteiger partial charge in [-0.05, 0) is 17.7 Å². The van der Waals surface area contributed by atoms with Crippen LogP contribution in [0.3, 0.4) is 0 Å². The first-order valence-corrected chi connectivity index (χ1v) is 6.74. The summed E-state index contributed by atoms with van der Waals surface area (Å²) in [5.74, 6) is -1.26. The molecule has 0 bridgehead atoms. The molecule has 0 aromatic heterocycles. The van der Waals surface area contributed by atoms with Crippen LogP contribution in [-0.4, -0.2) is 24.0 Å². The van der Waals surface area contributed by atoms with Gasteiger partial charge in [-0.25, -0.2) is 4.79 Å². The van der Waals surface area contributed by atoms with Crippen molar-refractivity contribution in [2.75, 3.05) is 0 Å². The molecule has 98 valence electrons. The summed E-state index contributed by atoms with van der Waals surface area (Å²) in [4.78, 5) is 10.8. The van der Waals surface area contributed by atoms with Gasteiger partial charge < -0.3 is 5.11 Å². The zero-order chi connectivity index (χ0) is 14.0. The molecule has 0 aliphatic carbocycles. The van der Waals surface area contributed by atoms with Crippen LogP contribution in [0.4, 0.5) is 0 Å². The van der Waals surface area contributed by atoms with Crippen LogP contribution in [0.5, 0.6) is 0 Å². The van der Waals surface area contributed by atoms with E-state index in [2.05, 4.69) is 0 Å². The van der Waals surface area contributed by atoms with Crippen LogP contribution in [0.15, 0.2) is 53.4 Å². The summed E-state index contributed by atoms with van der Waals surface area (Å²) in [6, 6.07) is 11.9. The summed E-state index contributed by atoms with van der Waals surface area (Å²) in [7, 11) is -4.50. The molecule has 2 aromatic carbocycles. The molecule has 19 heavy (non-hydrogen) atoms. The Bertz CT molecular complexity index is 720. The maximum atomic E-state index is 11.4. The van der Waals surface area contributed by atoms with E-state index in [1.807, 2.05) is 0 Å². The molecule has 0 aliphatic rings. The summed E-state index contributed by atoms with van der Waals surface area (Å²) >= 11 is 0. The molecule has 0 aliphatic heterocycles. The summed E-state index contributed by atoms with van der Waals surface area (Å²) in [6.45, 7) is 0. The lowest BCUT2D eigenvalue weighted by Gasteiger charge is -2.10. The number of carboxylic acid groups (broad SMARTS) is 1. The quantitative estimate of drug-likeness (QED) is 0.840. The second-order valence-corrected chi connectivity index (χ2v) is 5.21. The van der Waals surface area contributed by atoms with Crippen molar-refractivity contribution in [3.05, 3.63) is 54.1 Å². The van der Waals surface area contributed by atoms with E-state index >= 15 is 0 Å². The first-order valence-electron chi connectivity index (χ1n) is 5.30. The maximum absolute atomic E-state index is 11.4. The van der Waals surface area contributed by atoms with Gasteiger partial charge in [-0.3, -0.25) is 4.55 Å². The molecular weight excluding hydrogens is 268 g/mol. The van der Waals surface area contributed by atoms with Crippen LogP contribution in [0.25, 0.3) is 11.1 Å². The minimum absolute atomic E-state index is 0.0156. The molecular formula is C13H10O5S. The first kappa shape index (κ1) is 13.3. The minimum atomic E-state index is -4.50. The lowest BCUT2D eigenvalue weighted by atomic mass is 10.00. The molecule has 0 saturated carbocycles. The van der Waals surface area contributed by atoms with Crippen molar-refractivity contribution >= 4 is 16.1 Å². The van der Waals surface area contributed by atoms with E-state index in [-0.39, 0.29) is 11.1 Å². The summed E-state index contributed by atoms with van der Waals surface area (Å²) in [5.41, 5.74) is 0.215. The van der Waals surface area contributed by atoms with Gasteiger partial charge in [0, 0.05) is 5.56 Å². The molecule has 0 amide bonds. The first-order chi connectivity index (χ1) is 8.91. The van der Waals surface area contributed by atoms with E-state index in [1.165, 1.54) is 18.2 Å². The molecule has 0 fully saturated rings. The molecule has 0 heterocycles. The third kappa shape index (κ3) is 2.64. The number of aromatic carboxylic acids is 1. The zero-order valence-electron chi connectivity index (χ0n) is 9.65. The van der Waals surface area contributed by atoms with E-state index in [9.17, 15) is 17.8 Å². The predicted octanol–water partition coefficient (Wildman–Crippen LogP) is 2.30. The standard InChI is InChI=1S/C13H10O5S/c14-13(15)10-7-4-8-11(19(16,17)18)12(10)9-5-2-1-3-6-9/h1-8H,(H,14,15)(H,16,17,18). The Hall–Kier alpha value is -2.18. The van der Waals surface area contributed by atoms with Crippen molar-refractivity contribution in [2.45, 2.75) is 4.90 Å². The minimum Gasteiger partial charge on any atom is -0.478 e. The molecule has 0 atom stereocenters. The highest BCUT2D eigenvalue weighted by Gasteiger charge is 2.22. The fourth-order valence-corrected chi connectivity index (χ4v) is 2.56. The second kappa shape index (κ2) is 4.83. The third-order valence-electron chi connectivity index (χ3n) is 2.60. The van der Waals surface area contributed by atoms with Crippen LogP contribution in [0.2, 0.25) is 0 Å². The Morgan fingerprint density at radius 1 is 0.947 bits per heavy atom. The van der Waals surface area contributed by atoms with Crippen molar-refractivity contribution in [1.29, 1.82) is 0 Å². The fraction of sp³-hybridized carbons (Fsp3) is 0. The smallest absolute Gasteiger partial charge is 0.336 e. The van der Waals surface area contributed by atoms with Gasteiger partial charge in [-0.1, -0.05) is 36.4 Å². The number of carboxylic acids is 1. The van der Waals surface area contributed by atoms with Gasteiger partial charge in [0.2, 0.25) is 0 Å². The predicted molar refractivity (Wildman–Crippen MR) is 68.7 cm³/mol. The molecule has 2 N–H and O–H groups in total. The van der Waals surface area contributed by atoms with Crippen LogP contribution in [0, 0.1) is 0 Å². The van der Waals surface area contributed by atoms with Crippen LogP contribution in [-0.2, 0) is 10.1 Å². The topological polar surface area (TPSA) is 91.7 Å². The highest BCUT2D eigenvalue weighted by atomic mass is 32.2. The highest BCUT2D eigenvalue weighted by molar-refractivity contribution is 7.86. The number of carbonyl (C=O) groups is 1. The van der Waals surface area contributed by atoms with E-state index in [0.29, 0.717) is 5.56 Å². The van der Waals surface area contributed by atoms with Crippen LogP contribution < -0.4 is 0 Å². The number of hydrogen-bond donors (Lipinski definition) is 2. The molecule has 6 heteroatoms. The van der Waals surface area contributed by atoms with Crippen molar-refractivity contribution in [3.8, 4) is 11.1 Å². The zero-order valence-corrected chi connectivity index (χ0v) is 10.5. The Kier molecular flexibility index (Phi) is 3.37. The number of benzene rings is 2. The third-order valence-corrected chi connectivity index (χ3v) is 3.49. The molecule has 5 nitrogen and oxygen atoms in total. The average molecular weight is 278 g/mol. The van der Waals surface area contributed by atoms with Gasteiger partial charge in [0.25, 0.3) is 10.1 Å². The summed E-state index contributed by atoms with van der Waals surface area (Å²) in [5, 5.41) is 9.14. The van der Waals surface area contributed by atoms with Crippen molar-refractivity contribution in [2.24, 2.45) is 0 Å². The van der Waals surface area contributed by atoms with Crippen molar-refractivity contribution in [3.63, 3.8) is 0 Å². The second-order valence-electron chi connectivity index (χ2n) is 3.82. The molecule has 0 radical (unpaired) electrons. The maximum Gasteiger partial charge on any atom is 0.336 e. The van der Waals surface area contributed by atoms with E-state index < -0.39 is 21.0 Å². The number of hydrogen-bond acceptors (Lipinski definition) is 3. The Morgan fingerprint density at radius 3 is 2.11 bits per heavy atom. The SMILES string of the molecule is O=C(O)c1cccc(S(=O)(=O)O)c1-c1ccccc1. The summed E-state index contributed by atoms with van der Waals surface area (Å²) < 4.78 is 31.9. The summed E-state index contributed by atoms with van der Waals surface area (Å²) in [6.07, 6.45) is 0. The van der Waals surface area contributed by atoms with Crippen LogP contribution in [0.1, 0.15) is 10.4 Å². The normalized spacial score (nSPS) is 11.2. The van der Waals surface area contributed by atoms with Gasteiger partial charge in [-0.2, -0.15) is 8.42 Å². The Labute approximate surface area is 109 Å². The van der Waals surface area contributed by atoms with Gasteiger partial charge >= 0.3 is 5.97 Å².